The van der Waals surface area contributed by atoms with E-state index in [9.17, 15) is 9.59 Å². The van der Waals surface area contributed by atoms with Crippen LogP contribution in [0.5, 0.6) is 0 Å². The summed E-state index contributed by atoms with van der Waals surface area (Å²) in [6.07, 6.45) is 0. The van der Waals surface area contributed by atoms with Crippen molar-refractivity contribution in [3.63, 3.8) is 0 Å². The van der Waals surface area contributed by atoms with E-state index in [1.165, 1.54) is 22.4 Å². The second-order valence-electron chi connectivity index (χ2n) is 5.76. The highest BCUT2D eigenvalue weighted by Crippen LogP contribution is 2.13. The number of hydrogen-bond acceptors (Lipinski definition) is 5. The van der Waals surface area contributed by atoms with Crippen LogP contribution in [0.15, 0.2) is 21.3 Å². The number of aromatic nitrogens is 3. The molecule has 114 valence electrons. The molecule has 7 heteroatoms. The van der Waals surface area contributed by atoms with Gasteiger partial charge >= 0.3 is 11.7 Å². The molecule has 2 heterocycles. The van der Waals surface area contributed by atoms with Crippen LogP contribution >= 0.6 is 0 Å². The third-order valence-electron chi connectivity index (χ3n) is 3.05. The summed E-state index contributed by atoms with van der Waals surface area (Å²) in [5.41, 5.74) is -0.607. The number of rotatable bonds is 3. The van der Waals surface area contributed by atoms with E-state index < -0.39 is 11.5 Å². The molecule has 0 unspecified atom stereocenters. The first-order valence-corrected chi connectivity index (χ1v) is 6.58. The maximum absolute atomic E-state index is 12.4. The highest BCUT2D eigenvalue weighted by molar-refractivity contribution is 5.86. The molecule has 0 aliphatic rings. The third-order valence-corrected chi connectivity index (χ3v) is 3.05. The van der Waals surface area contributed by atoms with Gasteiger partial charge in [-0.15, -0.1) is 0 Å². The molecule has 0 aromatic carbocycles. The van der Waals surface area contributed by atoms with Gasteiger partial charge < -0.3 is 9.15 Å². The maximum atomic E-state index is 12.4. The topological polar surface area (TPSA) is 79.3 Å². The monoisotopic (exact) mass is 293 g/mol. The first-order valence-electron chi connectivity index (χ1n) is 6.58. The lowest BCUT2D eigenvalue weighted by Gasteiger charge is -2.16. The fourth-order valence-corrected chi connectivity index (χ4v) is 1.94. The summed E-state index contributed by atoms with van der Waals surface area (Å²) in [4.78, 5) is 23.7. The molecule has 21 heavy (non-hydrogen) atoms. The van der Waals surface area contributed by atoms with Crippen LogP contribution in [0, 0.1) is 6.92 Å². The van der Waals surface area contributed by atoms with Gasteiger partial charge in [0.15, 0.2) is 0 Å². The molecule has 0 fully saturated rings. The number of carbonyl (C=O) groups excluding carboxylic acids is 1. The van der Waals surface area contributed by atoms with Crippen molar-refractivity contribution in [2.24, 2.45) is 0 Å². The molecule has 2 rings (SSSR count). The van der Waals surface area contributed by atoms with Crippen molar-refractivity contribution < 1.29 is 13.9 Å². The number of ether oxygens (including phenoxy) is 1. The minimum Gasteiger partial charge on any atom is -0.463 e. The molecular formula is C14H19N3O4. The Labute approximate surface area is 122 Å². The van der Waals surface area contributed by atoms with Crippen molar-refractivity contribution in [1.82, 2.24) is 14.3 Å². The summed E-state index contributed by atoms with van der Waals surface area (Å²) < 4.78 is 12.9. The standard InChI is InChI=1S/C14H19N3O4/c1-9-15-17(14(2,3)4)13(19)16(9)8-10-6-7-11(21-10)12(18)20-5/h6-7H,8H2,1-5H3. The van der Waals surface area contributed by atoms with Crippen LogP contribution in [0.25, 0.3) is 0 Å². The van der Waals surface area contributed by atoms with E-state index in [0.717, 1.165) is 0 Å². The van der Waals surface area contributed by atoms with E-state index in [1.807, 2.05) is 20.8 Å². The van der Waals surface area contributed by atoms with Crippen molar-refractivity contribution in [3.8, 4) is 0 Å². The van der Waals surface area contributed by atoms with E-state index in [-0.39, 0.29) is 18.0 Å². The molecule has 0 radical (unpaired) electrons. The Bertz CT molecular complexity index is 715. The van der Waals surface area contributed by atoms with Crippen LogP contribution in [0.3, 0.4) is 0 Å². The molecule has 0 bridgehead atoms. The Kier molecular flexibility index (Phi) is 3.76. The van der Waals surface area contributed by atoms with Crippen molar-refractivity contribution in [3.05, 3.63) is 40.0 Å². The highest BCUT2D eigenvalue weighted by Gasteiger charge is 2.21. The number of hydrogen-bond donors (Lipinski definition) is 0. The summed E-state index contributed by atoms with van der Waals surface area (Å²) in [6, 6.07) is 3.17. The number of methoxy groups -OCH3 is 1. The maximum Gasteiger partial charge on any atom is 0.373 e. The van der Waals surface area contributed by atoms with Gasteiger partial charge in [0.2, 0.25) is 5.76 Å². The van der Waals surface area contributed by atoms with Crippen molar-refractivity contribution >= 4 is 5.97 Å². The number of furan rings is 1. The van der Waals surface area contributed by atoms with E-state index >= 15 is 0 Å². The summed E-state index contributed by atoms with van der Waals surface area (Å²) in [5, 5.41) is 4.27. The quantitative estimate of drug-likeness (QED) is 0.802. The summed E-state index contributed by atoms with van der Waals surface area (Å²) in [6.45, 7) is 7.71. The lowest BCUT2D eigenvalue weighted by atomic mass is 10.1. The Morgan fingerprint density at radius 2 is 2.05 bits per heavy atom. The lowest BCUT2D eigenvalue weighted by molar-refractivity contribution is 0.0563. The molecule has 0 amide bonds. The van der Waals surface area contributed by atoms with Crippen molar-refractivity contribution in [2.75, 3.05) is 7.11 Å². The summed E-state index contributed by atoms with van der Waals surface area (Å²) in [7, 11) is 1.28. The van der Waals surface area contributed by atoms with Crippen LogP contribution in [0.2, 0.25) is 0 Å². The Balaban J connectivity index is 2.33. The van der Waals surface area contributed by atoms with E-state index in [4.69, 9.17) is 4.42 Å². The first kappa shape index (κ1) is 15.1. The van der Waals surface area contributed by atoms with Crippen LogP contribution in [0.4, 0.5) is 0 Å². The van der Waals surface area contributed by atoms with E-state index in [1.54, 1.807) is 13.0 Å². The van der Waals surface area contributed by atoms with E-state index in [0.29, 0.717) is 11.6 Å². The highest BCUT2D eigenvalue weighted by atomic mass is 16.5. The number of carbonyl (C=O) groups is 1. The Hall–Kier alpha value is -2.31. The second kappa shape index (κ2) is 5.23. The van der Waals surface area contributed by atoms with Gasteiger partial charge in [-0.25, -0.2) is 14.3 Å². The fraction of sp³-hybridized carbons (Fsp3) is 0.500. The van der Waals surface area contributed by atoms with Gasteiger partial charge in [0.1, 0.15) is 11.6 Å². The van der Waals surface area contributed by atoms with Crippen molar-refractivity contribution in [2.45, 2.75) is 39.8 Å². The first-order chi connectivity index (χ1) is 9.74. The fourth-order valence-electron chi connectivity index (χ4n) is 1.94. The van der Waals surface area contributed by atoms with Gasteiger partial charge in [0.25, 0.3) is 0 Å². The van der Waals surface area contributed by atoms with Crippen LogP contribution in [-0.4, -0.2) is 27.4 Å². The SMILES string of the molecule is COC(=O)c1ccc(Cn2c(C)nn(C(C)(C)C)c2=O)o1. The number of esters is 1. The average molecular weight is 293 g/mol. The molecule has 2 aromatic rings. The zero-order valence-electron chi connectivity index (χ0n) is 12.8. The molecule has 0 atom stereocenters. The molecule has 0 aliphatic heterocycles. The molecule has 7 nitrogen and oxygen atoms in total. The van der Waals surface area contributed by atoms with Crippen molar-refractivity contribution in [1.29, 1.82) is 0 Å². The number of aryl methyl sites for hydroxylation is 1. The minimum absolute atomic E-state index is 0.112. The third kappa shape index (κ3) is 2.91. The number of nitrogens with zero attached hydrogens (tertiary/aromatic N) is 3. The normalized spacial score (nSPS) is 11.7. The van der Waals surface area contributed by atoms with Crippen LogP contribution < -0.4 is 5.69 Å². The van der Waals surface area contributed by atoms with Crippen LogP contribution in [0.1, 0.15) is 42.9 Å². The largest absolute Gasteiger partial charge is 0.463 e. The lowest BCUT2D eigenvalue weighted by Crippen LogP contribution is -2.35. The molecule has 0 aliphatic carbocycles. The zero-order chi connectivity index (χ0) is 15.8. The minimum atomic E-state index is -0.546. The zero-order valence-corrected chi connectivity index (χ0v) is 12.8. The van der Waals surface area contributed by atoms with Gasteiger partial charge in [-0.3, -0.25) is 4.57 Å². The molecule has 0 spiro atoms. The average Bonchev–Trinajstić information content (AvgIpc) is 2.97. The van der Waals surface area contributed by atoms with Gasteiger partial charge in [0.05, 0.1) is 19.2 Å². The van der Waals surface area contributed by atoms with Gasteiger partial charge in [0, 0.05) is 0 Å². The molecule has 0 saturated heterocycles. The predicted octanol–water partition coefficient (Wildman–Crippen LogP) is 1.54. The molecular weight excluding hydrogens is 274 g/mol. The van der Waals surface area contributed by atoms with Crippen LogP contribution in [-0.2, 0) is 16.8 Å². The summed E-state index contributed by atoms with van der Waals surface area (Å²) in [5.74, 6) is 0.650. The molecule has 0 N–H and O–H groups in total. The van der Waals surface area contributed by atoms with Gasteiger partial charge in [-0.05, 0) is 39.8 Å². The summed E-state index contributed by atoms with van der Waals surface area (Å²) >= 11 is 0. The molecule has 2 aromatic heterocycles. The van der Waals surface area contributed by atoms with E-state index in [2.05, 4.69) is 9.84 Å². The van der Waals surface area contributed by atoms with Gasteiger partial charge in [-0.2, -0.15) is 5.10 Å². The second-order valence-corrected chi connectivity index (χ2v) is 5.76. The predicted molar refractivity (Wildman–Crippen MR) is 75.4 cm³/mol. The smallest absolute Gasteiger partial charge is 0.373 e. The Morgan fingerprint density at radius 1 is 1.38 bits per heavy atom. The van der Waals surface area contributed by atoms with Gasteiger partial charge in [-0.1, -0.05) is 0 Å². The Morgan fingerprint density at radius 3 is 2.57 bits per heavy atom. The molecule has 0 saturated carbocycles.